The van der Waals surface area contributed by atoms with Gasteiger partial charge in [-0.15, -0.1) is 0 Å². The molecular weight excluding hydrogens is 200 g/mol. The summed E-state index contributed by atoms with van der Waals surface area (Å²) >= 11 is 0. The molecule has 1 N–H and O–H groups in total. The lowest BCUT2D eigenvalue weighted by atomic mass is 10.2. The van der Waals surface area contributed by atoms with E-state index in [2.05, 4.69) is 0 Å². The van der Waals surface area contributed by atoms with Gasteiger partial charge in [-0.2, -0.15) is 0 Å². The van der Waals surface area contributed by atoms with Crippen molar-refractivity contribution in [3.05, 3.63) is 0 Å². The van der Waals surface area contributed by atoms with Gasteiger partial charge in [-0.05, 0) is 20.8 Å². The molecule has 1 heterocycles. The highest BCUT2D eigenvalue weighted by Crippen LogP contribution is 2.24. The van der Waals surface area contributed by atoms with Gasteiger partial charge in [-0.1, -0.05) is 0 Å². The first-order valence-corrected chi connectivity index (χ1v) is 5.09. The van der Waals surface area contributed by atoms with Crippen molar-refractivity contribution in [2.75, 3.05) is 20.3 Å². The molecule has 0 aliphatic carbocycles. The lowest BCUT2D eigenvalue weighted by Crippen LogP contribution is -2.35. The molecule has 3 atom stereocenters. The number of methoxy groups -OCH3 is 1. The van der Waals surface area contributed by atoms with Crippen LogP contribution in [0.25, 0.3) is 0 Å². The first-order valence-electron chi connectivity index (χ1n) is 5.09. The number of ether oxygens (including phenoxy) is 4. The molecule has 90 valence electrons. The standard InChI is InChI=1S/C10H20O5/c1-7(12-4)13-5-8(11)9-6-14-10(2,3)15-9/h7-9,11H,5-6H2,1-4H3/t7?,8?,9-/m0/s1. The summed E-state index contributed by atoms with van der Waals surface area (Å²) < 4.78 is 20.9. The summed E-state index contributed by atoms with van der Waals surface area (Å²) in [4.78, 5) is 0. The minimum absolute atomic E-state index is 0.180. The molecule has 0 aromatic heterocycles. The molecule has 15 heavy (non-hydrogen) atoms. The van der Waals surface area contributed by atoms with Gasteiger partial charge >= 0.3 is 0 Å². The van der Waals surface area contributed by atoms with E-state index in [-0.39, 0.29) is 19.0 Å². The van der Waals surface area contributed by atoms with Crippen molar-refractivity contribution in [1.82, 2.24) is 0 Å². The average molecular weight is 220 g/mol. The third-order valence-electron chi connectivity index (χ3n) is 2.29. The molecule has 0 bridgehead atoms. The van der Waals surface area contributed by atoms with Crippen LogP contribution in [0, 0.1) is 0 Å². The SMILES string of the molecule is COC(C)OCC(O)[C@@H]1COC(C)(C)O1. The summed E-state index contributed by atoms with van der Waals surface area (Å²) in [6.07, 6.45) is -1.34. The van der Waals surface area contributed by atoms with Crippen LogP contribution in [0.3, 0.4) is 0 Å². The van der Waals surface area contributed by atoms with Gasteiger partial charge in [0.2, 0.25) is 0 Å². The first-order chi connectivity index (χ1) is 6.94. The molecular formula is C10H20O5. The maximum atomic E-state index is 9.74. The Labute approximate surface area is 90.3 Å². The predicted molar refractivity (Wildman–Crippen MR) is 53.3 cm³/mol. The fourth-order valence-electron chi connectivity index (χ4n) is 1.31. The molecule has 0 saturated carbocycles. The highest BCUT2D eigenvalue weighted by Gasteiger charge is 2.36. The lowest BCUT2D eigenvalue weighted by Gasteiger charge is -2.21. The summed E-state index contributed by atoms with van der Waals surface area (Å²) in [5, 5.41) is 9.74. The maximum Gasteiger partial charge on any atom is 0.163 e. The Kier molecular flexibility index (Phi) is 4.48. The molecule has 5 nitrogen and oxygen atoms in total. The highest BCUT2D eigenvalue weighted by atomic mass is 16.7. The Morgan fingerprint density at radius 2 is 2.20 bits per heavy atom. The Morgan fingerprint density at radius 3 is 2.67 bits per heavy atom. The summed E-state index contributed by atoms with van der Waals surface area (Å²) in [6.45, 7) is 5.97. The van der Waals surface area contributed by atoms with Gasteiger partial charge in [0.25, 0.3) is 0 Å². The third-order valence-corrected chi connectivity index (χ3v) is 2.29. The molecule has 0 amide bonds. The van der Waals surface area contributed by atoms with Crippen molar-refractivity contribution in [3.8, 4) is 0 Å². The quantitative estimate of drug-likeness (QED) is 0.684. The summed E-state index contributed by atoms with van der Waals surface area (Å²) in [5.41, 5.74) is 0. The van der Waals surface area contributed by atoms with Crippen LogP contribution in [0.2, 0.25) is 0 Å². The number of aliphatic hydroxyl groups is 1. The molecule has 5 heteroatoms. The fraction of sp³-hybridized carbons (Fsp3) is 1.00. The summed E-state index contributed by atoms with van der Waals surface area (Å²) in [5.74, 6) is -0.613. The topological polar surface area (TPSA) is 57.2 Å². The largest absolute Gasteiger partial charge is 0.388 e. The van der Waals surface area contributed by atoms with E-state index in [1.807, 2.05) is 13.8 Å². The van der Waals surface area contributed by atoms with Gasteiger partial charge in [0.05, 0.1) is 13.2 Å². The Balaban J connectivity index is 2.26. The van der Waals surface area contributed by atoms with E-state index in [4.69, 9.17) is 18.9 Å². The van der Waals surface area contributed by atoms with Crippen LogP contribution in [-0.2, 0) is 18.9 Å². The van der Waals surface area contributed by atoms with Crippen LogP contribution in [-0.4, -0.2) is 49.7 Å². The molecule has 0 aromatic carbocycles. The van der Waals surface area contributed by atoms with Gasteiger partial charge in [0, 0.05) is 7.11 Å². The van der Waals surface area contributed by atoms with E-state index < -0.39 is 11.9 Å². The number of hydrogen-bond acceptors (Lipinski definition) is 5. The van der Waals surface area contributed by atoms with Gasteiger partial charge in [0.15, 0.2) is 12.1 Å². The van der Waals surface area contributed by atoms with E-state index in [1.54, 1.807) is 14.0 Å². The minimum atomic E-state index is -0.690. The van der Waals surface area contributed by atoms with Gasteiger partial charge in [-0.25, -0.2) is 0 Å². The zero-order valence-corrected chi connectivity index (χ0v) is 9.73. The molecule has 1 fully saturated rings. The number of hydrogen-bond donors (Lipinski definition) is 1. The first kappa shape index (κ1) is 12.9. The molecule has 0 aromatic rings. The Hall–Kier alpha value is -0.200. The van der Waals surface area contributed by atoms with Gasteiger partial charge in [0.1, 0.15) is 12.2 Å². The van der Waals surface area contributed by atoms with Gasteiger partial charge < -0.3 is 24.1 Å². The number of aliphatic hydroxyl groups excluding tert-OH is 1. The zero-order chi connectivity index (χ0) is 11.5. The minimum Gasteiger partial charge on any atom is -0.388 e. The molecule has 1 aliphatic heterocycles. The second-order valence-corrected chi connectivity index (χ2v) is 4.07. The van der Waals surface area contributed by atoms with E-state index in [0.29, 0.717) is 6.61 Å². The molecule has 2 unspecified atom stereocenters. The normalized spacial score (nSPS) is 29.0. The molecule has 1 aliphatic rings. The molecule has 0 spiro atoms. The van der Waals surface area contributed by atoms with Crippen LogP contribution in [0.15, 0.2) is 0 Å². The second-order valence-electron chi connectivity index (χ2n) is 4.07. The van der Waals surface area contributed by atoms with Crippen molar-refractivity contribution < 1.29 is 24.1 Å². The highest BCUT2D eigenvalue weighted by molar-refractivity contribution is 4.77. The number of rotatable bonds is 5. The molecule has 1 rings (SSSR count). The average Bonchev–Trinajstić information content (AvgIpc) is 2.54. The predicted octanol–water partition coefficient (Wildman–Crippen LogP) is 0.508. The van der Waals surface area contributed by atoms with Crippen molar-refractivity contribution >= 4 is 0 Å². The fourth-order valence-corrected chi connectivity index (χ4v) is 1.31. The smallest absolute Gasteiger partial charge is 0.163 e. The maximum absolute atomic E-state index is 9.74. The van der Waals surface area contributed by atoms with Crippen molar-refractivity contribution in [2.45, 2.75) is 45.1 Å². The van der Waals surface area contributed by atoms with E-state index in [9.17, 15) is 5.11 Å². The van der Waals surface area contributed by atoms with E-state index in [1.165, 1.54) is 0 Å². The lowest BCUT2D eigenvalue weighted by molar-refractivity contribution is -0.171. The van der Waals surface area contributed by atoms with Crippen molar-refractivity contribution in [1.29, 1.82) is 0 Å². The Bertz CT molecular complexity index is 194. The Morgan fingerprint density at radius 1 is 1.53 bits per heavy atom. The van der Waals surface area contributed by atoms with Crippen LogP contribution in [0.1, 0.15) is 20.8 Å². The second kappa shape index (κ2) is 5.23. The summed E-state index contributed by atoms with van der Waals surface area (Å²) in [7, 11) is 1.55. The van der Waals surface area contributed by atoms with Crippen LogP contribution < -0.4 is 0 Å². The van der Waals surface area contributed by atoms with E-state index in [0.717, 1.165) is 0 Å². The van der Waals surface area contributed by atoms with Crippen molar-refractivity contribution in [2.24, 2.45) is 0 Å². The van der Waals surface area contributed by atoms with Crippen molar-refractivity contribution in [3.63, 3.8) is 0 Å². The van der Waals surface area contributed by atoms with Crippen LogP contribution >= 0.6 is 0 Å². The summed E-state index contributed by atoms with van der Waals surface area (Å²) in [6, 6.07) is 0. The van der Waals surface area contributed by atoms with Crippen LogP contribution in [0.4, 0.5) is 0 Å². The molecule has 0 radical (unpaired) electrons. The van der Waals surface area contributed by atoms with Gasteiger partial charge in [-0.3, -0.25) is 0 Å². The van der Waals surface area contributed by atoms with Crippen LogP contribution in [0.5, 0.6) is 0 Å². The monoisotopic (exact) mass is 220 g/mol. The van der Waals surface area contributed by atoms with E-state index >= 15 is 0 Å². The third kappa shape index (κ3) is 4.04. The molecule has 1 saturated heterocycles. The zero-order valence-electron chi connectivity index (χ0n) is 9.73.